The van der Waals surface area contributed by atoms with Crippen molar-refractivity contribution in [3.05, 3.63) is 28.8 Å². The van der Waals surface area contributed by atoms with Gasteiger partial charge >= 0.3 is 0 Å². The second-order valence-corrected chi connectivity index (χ2v) is 7.39. The van der Waals surface area contributed by atoms with Crippen LogP contribution in [0.5, 0.6) is 0 Å². The molecule has 1 N–H and O–H groups in total. The Morgan fingerprint density at radius 2 is 2.17 bits per heavy atom. The summed E-state index contributed by atoms with van der Waals surface area (Å²) < 4.78 is 0. The van der Waals surface area contributed by atoms with Crippen molar-refractivity contribution in [2.75, 3.05) is 38.1 Å². The van der Waals surface area contributed by atoms with E-state index in [-0.39, 0.29) is 17.7 Å². The van der Waals surface area contributed by atoms with E-state index in [4.69, 9.17) is 11.6 Å². The van der Waals surface area contributed by atoms with Crippen LogP contribution in [0.4, 0.5) is 5.69 Å². The minimum absolute atomic E-state index is 0.00471. The lowest BCUT2D eigenvalue weighted by atomic mass is 10.1. The van der Waals surface area contributed by atoms with Gasteiger partial charge in [0.15, 0.2) is 0 Å². The third-order valence-electron chi connectivity index (χ3n) is 5.07. The van der Waals surface area contributed by atoms with Crippen molar-refractivity contribution in [2.24, 2.45) is 11.8 Å². The zero-order chi connectivity index (χ0) is 17.3. The molecule has 2 aliphatic heterocycles. The van der Waals surface area contributed by atoms with Crippen LogP contribution in [-0.4, -0.2) is 49.9 Å². The molecule has 0 saturated carbocycles. The number of halogens is 1. The highest BCUT2D eigenvalue weighted by Gasteiger charge is 2.32. The molecule has 2 fully saturated rings. The molecular weight excluding hydrogens is 326 g/mol. The van der Waals surface area contributed by atoms with Gasteiger partial charge in [-0.05, 0) is 37.0 Å². The van der Waals surface area contributed by atoms with Crippen LogP contribution in [0.3, 0.4) is 0 Å². The summed E-state index contributed by atoms with van der Waals surface area (Å²) in [5.74, 6) is 0.293. The molecule has 0 aliphatic carbocycles. The maximum atomic E-state index is 12.2. The fraction of sp³-hybridized carbons (Fsp3) is 0.556. The molecule has 2 saturated heterocycles. The van der Waals surface area contributed by atoms with Crippen LogP contribution in [-0.2, 0) is 9.59 Å². The Bertz CT molecular complexity index is 649. The summed E-state index contributed by atoms with van der Waals surface area (Å²) in [5.41, 5.74) is 2.40. The average Bonchev–Trinajstić information content (AvgIpc) is 3.15. The summed E-state index contributed by atoms with van der Waals surface area (Å²) in [4.78, 5) is 27.7. The van der Waals surface area contributed by atoms with Gasteiger partial charge in [0.25, 0.3) is 0 Å². The van der Waals surface area contributed by atoms with Gasteiger partial charge in [-0.1, -0.05) is 17.7 Å². The van der Waals surface area contributed by atoms with E-state index in [0.717, 1.165) is 24.5 Å². The number of carbonyl (C=O) groups is 2. The molecule has 1 aromatic carbocycles. The predicted molar refractivity (Wildman–Crippen MR) is 95.3 cm³/mol. The fourth-order valence-electron chi connectivity index (χ4n) is 3.57. The molecule has 2 atom stereocenters. The standard InChI is InChI=1S/C18H24ClN3O2/c1-12-3-4-15(19)8-16(12)22-6-5-13(10-22)9-20-18(24)14-7-17(23)21(2)11-14/h3-4,8,13-14H,5-7,9-11H2,1-2H3,(H,20,24)/t13-,14-/m1/s1. The molecule has 0 aromatic heterocycles. The molecule has 0 unspecified atom stereocenters. The van der Waals surface area contributed by atoms with Crippen LogP contribution in [0.1, 0.15) is 18.4 Å². The Hall–Kier alpha value is -1.75. The topological polar surface area (TPSA) is 52.7 Å². The van der Waals surface area contributed by atoms with Crippen molar-refractivity contribution in [2.45, 2.75) is 19.8 Å². The Labute approximate surface area is 147 Å². The number of nitrogens with zero attached hydrogens (tertiary/aromatic N) is 2. The van der Waals surface area contributed by atoms with E-state index in [2.05, 4.69) is 17.1 Å². The minimum atomic E-state index is -0.199. The molecule has 6 heteroatoms. The fourth-order valence-corrected chi connectivity index (χ4v) is 3.74. The van der Waals surface area contributed by atoms with Crippen LogP contribution in [0.25, 0.3) is 0 Å². The van der Waals surface area contributed by atoms with Gasteiger partial charge in [-0.25, -0.2) is 0 Å². The molecule has 0 spiro atoms. The van der Waals surface area contributed by atoms with Gasteiger partial charge in [0.05, 0.1) is 5.92 Å². The molecule has 0 radical (unpaired) electrons. The number of amides is 2. The van der Waals surface area contributed by atoms with Crippen LogP contribution in [0.2, 0.25) is 5.02 Å². The van der Waals surface area contributed by atoms with E-state index in [1.165, 1.54) is 11.3 Å². The van der Waals surface area contributed by atoms with E-state index >= 15 is 0 Å². The van der Waals surface area contributed by atoms with Crippen LogP contribution in [0.15, 0.2) is 18.2 Å². The molecule has 2 amide bonds. The van der Waals surface area contributed by atoms with Gasteiger partial charge in [-0.2, -0.15) is 0 Å². The van der Waals surface area contributed by atoms with E-state index < -0.39 is 0 Å². The monoisotopic (exact) mass is 349 g/mol. The maximum absolute atomic E-state index is 12.2. The molecule has 2 heterocycles. The first-order valence-corrected chi connectivity index (χ1v) is 8.84. The number of benzene rings is 1. The van der Waals surface area contributed by atoms with Crippen molar-refractivity contribution in [3.63, 3.8) is 0 Å². The Morgan fingerprint density at radius 3 is 2.88 bits per heavy atom. The number of nitrogens with one attached hydrogen (secondary N) is 1. The highest BCUT2D eigenvalue weighted by Crippen LogP contribution is 2.29. The lowest BCUT2D eigenvalue weighted by Crippen LogP contribution is -2.36. The normalized spacial score (nSPS) is 23.9. The van der Waals surface area contributed by atoms with Crippen LogP contribution in [0, 0.1) is 18.8 Å². The predicted octanol–water partition coefficient (Wildman–Crippen LogP) is 2.07. The van der Waals surface area contributed by atoms with E-state index in [9.17, 15) is 9.59 Å². The first kappa shape index (κ1) is 17.1. The number of rotatable bonds is 4. The van der Waals surface area contributed by atoms with Crippen molar-refractivity contribution in [1.29, 1.82) is 0 Å². The number of aryl methyl sites for hydroxylation is 1. The van der Waals surface area contributed by atoms with Crippen molar-refractivity contribution < 1.29 is 9.59 Å². The number of anilines is 1. The summed E-state index contributed by atoms with van der Waals surface area (Å²) in [7, 11) is 1.75. The second kappa shape index (κ2) is 7.01. The minimum Gasteiger partial charge on any atom is -0.371 e. The van der Waals surface area contributed by atoms with Gasteiger partial charge in [-0.15, -0.1) is 0 Å². The SMILES string of the molecule is Cc1ccc(Cl)cc1N1CC[C@H](CNC(=O)[C@@H]2CC(=O)N(C)C2)C1. The molecule has 2 aliphatic rings. The number of hydrogen-bond donors (Lipinski definition) is 1. The Kier molecular flexibility index (Phi) is 4.99. The molecule has 5 nitrogen and oxygen atoms in total. The molecular formula is C18H24ClN3O2. The third kappa shape index (κ3) is 3.66. The summed E-state index contributed by atoms with van der Waals surface area (Å²) in [6.45, 7) is 5.19. The molecule has 0 bridgehead atoms. The third-order valence-corrected chi connectivity index (χ3v) is 5.31. The molecule has 130 valence electrons. The molecule has 1 aromatic rings. The lowest BCUT2D eigenvalue weighted by molar-refractivity contribution is -0.128. The maximum Gasteiger partial charge on any atom is 0.225 e. The van der Waals surface area contributed by atoms with Crippen molar-refractivity contribution in [1.82, 2.24) is 10.2 Å². The lowest BCUT2D eigenvalue weighted by Gasteiger charge is -2.21. The second-order valence-electron chi connectivity index (χ2n) is 6.95. The van der Waals surface area contributed by atoms with Crippen LogP contribution >= 0.6 is 11.6 Å². The molecule has 3 rings (SSSR count). The van der Waals surface area contributed by atoms with Gasteiger partial charge < -0.3 is 15.1 Å². The number of hydrogen-bond acceptors (Lipinski definition) is 3. The summed E-state index contributed by atoms with van der Waals surface area (Å²) in [6.07, 6.45) is 1.39. The Balaban J connectivity index is 1.51. The zero-order valence-electron chi connectivity index (χ0n) is 14.2. The number of carbonyl (C=O) groups excluding carboxylic acids is 2. The van der Waals surface area contributed by atoms with E-state index in [1.807, 2.05) is 18.2 Å². The van der Waals surface area contributed by atoms with Crippen molar-refractivity contribution >= 4 is 29.1 Å². The summed E-state index contributed by atoms with van der Waals surface area (Å²) >= 11 is 6.12. The highest BCUT2D eigenvalue weighted by molar-refractivity contribution is 6.30. The zero-order valence-corrected chi connectivity index (χ0v) is 15.0. The van der Waals surface area contributed by atoms with Crippen LogP contribution < -0.4 is 10.2 Å². The summed E-state index contributed by atoms with van der Waals surface area (Å²) in [5, 5.41) is 3.79. The smallest absolute Gasteiger partial charge is 0.225 e. The first-order valence-electron chi connectivity index (χ1n) is 8.47. The largest absolute Gasteiger partial charge is 0.371 e. The average molecular weight is 350 g/mol. The van der Waals surface area contributed by atoms with E-state index in [1.54, 1.807) is 11.9 Å². The Morgan fingerprint density at radius 1 is 1.38 bits per heavy atom. The van der Waals surface area contributed by atoms with Gasteiger partial charge in [-0.3, -0.25) is 9.59 Å². The first-order chi connectivity index (χ1) is 11.4. The van der Waals surface area contributed by atoms with Crippen molar-refractivity contribution in [3.8, 4) is 0 Å². The summed E-state index contributed by atoms with van der Waals surface area (Å²) in [6, 6.07) is 5.96. The van der Waals surface area contributed by atoms with E-state index in [0.29, 0.717) is 25.4 Å². The van der Waals surface area contributed by atoms with Gasteiger partial charge in [0.2, 0.25) is 11.8 Å². The van der Waals surface area contributed by atoms with Gasteiger partial charge in [0, 0.05) is 50.4 Å². The molecule has 24 heavy (non-hydrogen) atoms. The quantitative estimate of drug-likeness (QED) is 0.905. The van der Waals surface area contributed by atoms with Gasteiger partial charge in [0.1, 0.15) is 0 Å². The number of likely N-dealkylation sites (tertiary alicyclic amines) is 1. The highest BCUT2D eigenvalue weighted by atomic mass is 35.5.